The van der Waals surface area contributed by atoms with Crippen LogP contribution in [0.25, 0.3) is 0 Å². The van der Waals surface area contributed by atoms with Gasteiger partial charge in [-0.2, -0.15) is 0 Å². The zero-order chi connectivity index (χ0) is 6.69. The van der Waals surface area contributed by atoms with Crippen LogP contribution in [0, 0.1) is 0 Å². The summed E-state index contributed by atoms with van der Waals surface area (Å²) >= 11 is 1.48. The van der Waals surface area contributed by atoms with Crippen LogP contribution in [-0.2, 0) is 9.59 Å². The first kappa shape index (κ1) is 6.77. The molecule has 0 radical (unpaired) electrons. The number of carbonyl (C=O) groups is 2. The lowest BCUT2D eigenvalue weighted by Gasteiger charge is -1.99. The first-order valence-electron chi connectivity index (χ1n) is 2.68. The number of ketones is 1. The summed E-state index contributed by atoms with van der Waals surface area (Å²) < 4.78 is 0. The summed E-state index contributed by atoms with van der Waals surface area (Å²) in [6.45, 7) is 0.828. The first-order chi connectivity index (χ1) is 4.34. The van der Waals surface area contributed by atoms with Gasteiger partial charge in [0.1, 0.15) is 5.37 Å². The molecule has 1 unspecified atom stereocenters. The van der Waals surface area contributed by atoms with Crippen molar-refractivity contribution in [2.75, 3.05) is 12.3 Å². The van der Waals surface area contributed by atoms with Gasteiger partial charge >= 0.3 is 0 Å². The second-order valence-electron chi connectivity index (χ2n) is 1.73. The molecule has 3 nitrogen and oxygen atoms in total. The number of rotatable bonds is 2. The molecule has 1 aliphatic heterocycles. The molecule has 1 heterocycles. The van der Waals surface area contributed by atoms with Crippen LogP contribution in [-0.4, -0.2) is 29.7 Å². The number of hydrogen-bond acceptors (Lipinski definition) is 4. The van der Waals surface area contributed by atoms with Gasteiger partial charge in [0.05, 0.1) is 0 Å². The second kappa shape index (κ2) is 2.98. The van der Waals surface area contributed by atoms with Gasteiger partial charge in [-0.3, -0.25) is 14.9 Å². The lowest BCUT2D eigenvalue weighted by atomic mass is 10.4. The van der Waals surface area contributed by atoms with Gasteiger partial charge in [-0.05, 0) is 0 Å². The maximum Gasteiger partial charge on any atom is 0.222 e. The predicted molar refractivity (Wildman–Crippen MR) is 35.3 cm³/mol. The summed E-state index contributed by atoms with van der Waals surface area (Å²) in [7, 11) is 0. The molecule has 0 aromatic carbocycles. The smallest absolute Gasteiger partial charge is 0.222 e. The summed E-state index contributed by atoms with van der Waals surface area (Å²) in [5.74, 6) is 0.571. The molecule has 1 atom stereocenters. The van der Waals surface area contributed by atoms with E-state index in [1.165, 1.54) is 11.8 Å². The summed E-state index contributed by atoms with van der Waals surface area (Å²) in [6.07, 6.45) is 0.371. The standard InChI is InChI=1S/C5H7NO2S/c7-3-4(8)5-6-1-2-9-5/h3,5-6H,1-2H2. The molecule has 1 fully saturated rings. The Balaban J connectivity index is 2.41. The number of aldehydes is 1. The van der Waals surface area contributed by atoms with Crippen LogP contribution in [0.5, 0.6) is 0 Å². The third-order valence-corrected chi connectivity index (χ3v) is 2.26. The number of carbonyl (C=O) groups excluding carboxylic acids is 2. The van der Waals surface area contributed by atoms with Gasteiger partial charge < -0.3 is 0 Å². The fourth-order valence-corrected chi connectivity index (χ4v) is 1.60. The lowest BCUT2D eigenvalue weighted by molar-refractivity contribution is -0.129. The number of hydrogen-bond donors (Lipinski definition) is 1. The molecule has 9 heavy (non-hydrogen) atoms. The van der Waals surface area contributed by atoms with E-state index in [-0.39, 0.29) is 11.2 Å². The van der Waals surface area contributed by atoms with Gasteiger partial charge in [-0.15, -0.1) is 11.8 Å². The monoisotopic (exact) mass is 145 g/mol. The summed E-state index contributed by atoms with van der Waals surface area (Å²) in [4.78, 5) is 20.5. The number of Topliss-reactive ketones (excluding diaryl/α,β-unsaturated/α-hetero) is 1. The molecule has 0 spiro atoms. The molecule has 1 N–H and O–H groups in total. The van der Waals surface area contributed by atoms with E-state index in [2.05, 4.69) is 5.32 Å². The van der Waals surface area contributed by atoms with E-state index in [1.807, 2.05) is 0 Å². The summed E-state index contributed by atoms with van der Waals surface area (Å²) in [6, 6.07) is 0. The van der Waals surface area contributed by atoms with Gasteiger partial charge in [0.15, 0.2) is 6.29 Å². The molecule has 0 aromatic heterocycles. The van der Waals surface area contributed by atoms with Gasteiger partial charge in [0.25, 0.3) is 0 Å². The highest BCUT2D eigenvalue weighted by atomic mass is 32.2. The van der Waals surface area contributed by atoms with Crippen LogP contribution in [0.2, 0.25) is 0 Å². The topological polar surface area (TPSA) is 46.2 Å². The number of thioether (sulfide) groups is 1. The van der Waals surface area contributed by atoms with Crippen molar-refractivity contribution in [2.45, 2.75) is 5.37 Å². The Bertz CT molecular complexity index is 131. The molecule has 50 valence electrons. The first-order valence-corrected chi connectivity index (χ1v) is 3.73. The molecule has 0 aliphatic carbocycles. The van der Waals surface area contributed by atoms with E-state index in [9.17, 15) is 9.59 Å². The van der Waals surface area contributed by atoms with Crippen LogP contribution in [0.15, 0.2) is 0 Å². The Morgan fingerprint density at radius 2 is 2.56 bits per heavy atom. The Morgan fingerprint density at radius 3 is 3.00 bits per heavy atom. The summed E-state index contributed by atoms with van der Waals surface area (Å²) in [5, 5.41) is 2.63. The molecule has 0 amide bonds. The van der Waals surface area contributed by atoms with E-state index in [0.29, 0.717) is 6.29 Å². The van der Waals surface area contributed by atoms with Gasteiger partial charge in [0, 0.05) is 12.3 Å². The zero-order valence-corrected chi connectivity index (χ0v) is 5.61. The average molecular weight is 145 g/mol. The Kier molecular flexibility index (Phi) is 2.24. The van der Waals surface area contributed by atoms with E-state index >= 15 is 0 Å². The molecular weight excluding hydrogens is 138 g/mol. The zero-order valence-electron chi connectivity index (χ0n) is 4.79. The maximum atomic E-state index is 10.6. The fourth-order valence-electron chi connectivity index (χ4n) is 0.670. The van der Waals surface area contributed by atoms with Crippen LogP contribution < -0.4 is 5.32 Å². The molecule has 0 aromatic rings. The van der Waals surface area contributed by atoms with Crippen LogP contribution in [0.4, 0.5) is 0 Å². The highest BCUT2D eigenvalue weighted by molar-refractivity contribution is 8.00. The molecule has 1 rings (SSSR count). The minimum atomic E-state index is -0.350. The van der Waals surface area contributed by atoms with E-state index in [4.69, 9.17) is 0 Å². The van der Waals surface area contributed by atoms with E-state index < -0.39 is 0 Å². The molecular formula is C5H7NO2S. The quantitative estimate of drug-likeness (QED) is 0.417. The fraction of sp³-hybridized carbons (Fsp3) is 0.600. The predicted octanol–water partition coefficient (Wildman–Crippen LogP) is -0.583. The van der Waals surface area contributed by atoms with Gasteiger partial charge in [-0.1, -0.05) is 0 Å². The molecule has 0 bridgehead atoms. The van der Waals surface area contributed by atoms with Crippen molar-refractivity contribution in [3.63, 3.8) is 0 Å². The number of nitrogens with one attached hydrogen (secondary N) is 1. The molecule has 1 saturated heterocycles. The molecule has 4 heteroatoms. The third kappa shape index (κ3) is 1.53. The van der Waals surface area contributed by atoms with Crippen LogP contribution >= 0.6 is 11.8 Å². The molecule has 1 aliphatic rings. The summed E-state index contributed by atoms with van der Waals surface area (Å²) in [5.41, 5.74) is 0. The lowest BCUT2D eigenvalue weighted by Crippen LogP contribution is -2.29. The van der Waals surface area contributed by atoms with Crippen molar-refractivity contribution < 1.29 is 9.59 Å². The average Bonchev–Trinajstić information content (AvgIpc) is 2.37. The van der Waals surface area contributed by atoms with Gasteiger partial charge in [-0.25, -0.2) is 0 Å². The van der Waals surface area contributed by atoms with Crippen molar-refractivity contribution in [2.24, 2.45) is 0 Å². The maximum absolute atomic E-state index is 10.6. The third-order valence-electron chi connectivity index (χ3n) is 1.09. The highest BCUT2D eigenvalue weighted by Gasteiger charge is 2.21. The minimum Gasteiger partial charge on any atom is -0.298 e. The van der Waals surface area contributed by atoms with Crippen molar-refractivity contribution in [3.8, 4) is 0 Å². The van der Waals surface area contributed by atoms with Crippen molar-refractivity contribution in [1.29, 1.82) is 0 Å². The van der Waals surface area contributed by atoms with E-state index in [1.54, 1.807) is 0 Å². The van der Waals surface area contributed by atoms with Crippen molar-refractivity contribution in [3.05, 3.63) is 0 Å². The normalized spacial score (nSPS) is 26.0. The molecule has 0 saturated carbocycles. The Labute approximate surface area is 57.2 Å². The van der Waals surface area contributed by atoms with Gasteiger partial charge in [0.2, 0.25) is 5.78 Å². The largest absolute Gasteiger partial charge is 0.298 e. The van der Waals surface area contributed by atoms with Crippen LogP contribution in [0.1, 0.15) is 0 Å². The Morgan fingerprint density at radius 1 is 1.78 bits per heavy atom. The highest BCUT2D eigenvalue weighted by Crippen LogP contribution is 2.12. The van der Waals surface area contributed by atoms with Crippen molar-refractivity contribution >= 4 is 23.8 Å². The Hall–Kier alpha value is -0.350. The van der Waals surface area contributed by atoms with E-state index in [0.717, 1.165) is 12.3 Å². The second-order valence-corrected chi connectivity index (χ2v) is 2.94. The SMILES string of the molecule is O=CC(=O)C1NCCS1. The van der Waals surface area contributed by atoms with Crippen molar-refractivity contribution in [1.82, 2.24) is 5.32 Å². The minimum absolute atomic E-state index is 0.262. The van der Waals surface area contributed by atoms with Crippen LogP contribution in [0.3, 0.4) is 0 Å².